The molecule has 0 aliphatic rings. The molecule has 0 unspecified atom stereocenters. The summed E-state index contributed by atoms with van der Waals surface area (Å²) in [6, 6.07) is 16.2. The summed E-state index contributed by atoms with van der Waals surface area (Å²) in [4.78, 5) is 4.26. The summed E-state index contributed by atoms with van der Waals surface area (Å²) < 4.78 is 5.65. The molecule has 2 aromatic carbocycles. The van der Waals surface area contributed by atoms with Gasteiger partial charge < -0.3 is 15.4 Å². The van der Waals surface area contributed by atoms with Crippen LogP contribution >= 0.6 is 0 Å². The molecule has 0 bridgehead atoms. The van der Waals surface area contributed by atoms with Gasteiger partial charge in [0.2, 0.25) is 0 Å². The van der Waals surface area contributed by atoms with Gasteiger partial charge in [0.25, 0.3) is 0 Å². The molecule has 2 aromatic rings. The minimum absolute atomic E-state index is 0.178. The summed E-state index contributed by atoms with van der Waals surface area (Å²) in [6.07, 6.45) is 0.178. The van der Waals surface area contributed by atoms with Crippen molar-refractivity contribution in [2.24, 2.45) is 4.99 Å². The fourth-order valence-corrected chi connectivity index (χ4v) is 2.19. The van der Waals surface area contributed by atoms with E-state index >= 15 is 0 Å². The summed E-state index contributed by atoms with van der Waals surface area (Å²) >= 11 is 0. The van der Waals surface area contributed by atoms with E-state index in [-0.39, 0.29) is 6.10 Å². The van der Waals surface area contributed by atoms with E-state index in [1.807, 2.05) is 50.2 Å². The van der Waals surface area contributed by atoms with Gasteiger partial charge in [-0.1, -0.05) is 24.3 Å². The molecule has 0 spiro atoms. The van der Waals surface area contributed by atoms with Gasteiger partial charge in [0, 0.05) is 19.3 Å². The molecule has 4 heteroatoms. The Kier molecular flexibility index (Phi) is 6.03. The summed E-state index contributed by atoms with van der Waals surface area (Å²) in [5, 5.41) is 6.61. The van der Waals surface area contributed by atoms with Crippen LogP contribution in [0.2, 0.25) is 0 Å². The van der Waals surface area contributed by atoms with Crippen molar-refractivity contribution in [3.8, 4) is 5.75 Å². The second-order valence-corrected chi connectivity index (χ2v) is 5.67. The van der Waals surface area contributed by atoms with Gasteiger partial charge in [-0.15, -0.1) is 0 Å². The number of benzene rings is 2. The van der Waals surface area contributed by atoms with Crippen molar-refractivity contribution in [2.45, 2.75) is 33.4 Å². The highest BCUT2D eigenvalue weighted by Gasteiger charge is 2.02. The van der Waals surface area contributed by atoms with Crippen LogP contribution in [0.1, 0.15) is 25.0 Å². The van der Waals surface area contributed by atoms with E-state index in [0.29, 0.717) is 0 Å². The van der Waals surface area contributed by atoms with Gasteiger partial charge >= 0.3 is 0 Å². The number of aliphatic imine (C=N–C) groups is 1. The Hall–Kier alpha value is -2.49. The molecule has 0 aliphatic heterocycles. The highest BCUT2D eigenvalue weighted by Crippen LogP contribution is 2.16. The van der Waals surface area contributed by atoms with Crippen LogP contribution in [-0.2, 0) is 6.54 Å². The molecule has 0 saturated carbocycles. The lowest BCUT2D eigenvalue weighted by molar-refractivity contribution is 0.242. The highest BCUT2D eigenvalue weighted by atomic mass is 16.5. The van der Waals surface area contributed by atoms with Crippen molar-refractivity contribution in [2.75, 3.05) is 12.4 Å². The van der Waals surface area contributed by atoms with Gasteiger partial charge in [0.1, 0.15) is 5.75 Å². The van der Waals surface area contributed by atoms with Gasteiger partial charge in [-0.3, -0.25) is 4.99 Å². The van der Waals surface area contributed by atoms with E-state index in [4.69, 9.17) is 4.74 Å². The lowest BCUT2D eigenvalue weighted by atomic mass is 10.1. The summed E-state index contributed by atoms with van der Waals surface area (Å²) in [5.41, 5.74) is 3.50. The molecular formula is C19H25N3O. The Labute approximate surface area is 138 Å². The number of guanidine groups is 1. The quantitative estimate of drug-likeness (QED) is 0.649. The van der Waals surface area contributed by atoms with Crippen LogP contribution in [0, 0.1) is 6.92 Å². The molecule has 0 fully saturated rings. The number of rotatable bonds is 5. The maximum atomic E-state index is 5.65. The van der Waals surface area contributed by atoms with Gasteiger partial charge in [-0.2, -0.15) is 0 Å². The SMILES string of the molecule is CN=C(NCc1ccccc1C)Nc1ccc(OC(C)C)cc1. The molecule has 2 N–H and O–H groups in total. The Balaban J connectivity index is 1.93. The van der Waals surface area contributed by atoms with E-state index in [1.165, 1.54) is 11.1 Å². The third-order valence-electron chi connectivity index (χ3n) is 3.42. The van der Waals surface area contributed by atoms with Crippen LogP contribution in [0.5, 0.6) is 5.75 Å². The Morgan fingerprint density at radius 3 is 2.39 bits per heavy atom. The van der Waals surface area contributed by atoms with Gasteiger partial charge in [0.15, 0.2) is 5.96 Å². The molecule has 0 aliphatic carbocycles. The molecule has 0 radical (unpaired) electrons. The van der Waals surface area contributed by atoms with Crippen LogP contribution in [0.15, 0.2) is 53.5 Å². The van der Waals surface area contributed by atoms with Crippen molar-refractivity contribution < 1.29 is 4.74 Å². The molecule has 4 nitrogen and oxygen atoms in total. The first-order valence-electron chi connectivity index (χ1n) is 7.87. The topological polar surface area (TPSA) is 45.7 Å². The number of nitrogens with one attached hydrogen (secondary N) is 2. The number of nitrogens with zero attached hydrogens (tertiary/aromatic N) is 1. The largest absolute Gasteiger partial charge is 0.491 e. The minimum Gasteiger partial charge on any atom is -0.491 e. The van der Waals surface area contributed by atoms with Crippen LogP contribution in [0.3, 0.4) is 0 Å². The van der Waals surface area contributed by atoms with Gasteiger partial charge in [0.05, 0.1) is 6.10 Å². The average Bonchev–Trinajstić information content (AvgIpc) is 2.54. The van der Waals surface area contributed by atoms with E-state index < -0.39 is 0 Å². The predicted octanol–water partition coefficient (Wildman–Crippen LogP) is 3.97. The van der Waals surface area contributed by atoms with Gasteiger partial charge in [-0.25, -0.2) is 0 Å². The summed E-state index contributed by atoms with van der Waals surface area (Å²) in [6.45, 7) is 6.88. The molecular weight excluding hydrogens is 286 g/mol. The minimum atomic E-state index is 0.178. The smallest absolute Gasteiger partial charge is 0.195 e. The third kappa shape index (κ3) is 5.33. The maximum absolute atomic E-state index is 5.65. The first-order valence-corrected chi connectivity index (χ1v) is 7.87. The predicted molar refractivity (Wildman–Crippen MR) is 97.2 cm³/mol. The molecule has 0 heterocycles. The highest BCUT2D eigenvalue weighted by molar-refractivity contribution is 5.93. The average molecular weight is 311 g/mol. The Morgan fingerprint density at radius 1 is 1.09 bits per heavy atom. The van der Waals surface area contributed by atoms with Crippen LogP contribution in [0.4, 0.5) is 5.69 Å². The molecule has 23 heavy (non-hydrogen) atoms. The van der Waals surface area contributed by atoms with E-state index in [1.54, 1.807) is 7.05 Å². The zero-order chi connectivity index (χ0) is 16.7. The molecule has 0 saturated heterocycles. The standard InChI is InChI=1S/C19H25N3O/c1-14(2)23-18-11-9-17(10-12-18)22-19(20-4)21-13-16-8-6-5-7-15(16)3/h5-12,14H,13H2,1-4H3,(H2,20,21,22). The fourth-order valence-electron chi connectivity index (χ4n) is 2.19. The lowest BCUT2D eigenvalue weighted by Gasteiger charge is -2.14. The Bertz CT molecular complexity index is 648. The van der Waals surface area contributed by atoms with Crippen molar-refractivity contribution in [1.29, 1.82) is 0 Å². The monoisotopic (exact) mass is 311 g/mol. The second kappa shape index (κ2) is 8.22. The normalized spacial score (nSPS) is 11.4. The van der Waals surface area contributed by atoms with E-state index in [9.17, 15) is 0 Å². The number of anilines is 1. The Morgan fingerprint density at radius 2 is 1.78 bits per heavy atom. The molecule has 0 aromatic heterocycles. The van der Waals surface area contributed by atoms with Crippen LogP contribution in [-0.4, -0.2) is 19.1 Å². The first-order chi connectivity index (χ1) is 11.1. The number of ether oxygens (including phenoxy) is 1. The number of hydrogen-bond acceptors (Lipinski definition) is 2. The van der Waals surface area contributed by atoms with Crippen LogP contribution < -0.4 is 15.4 Å². The zero-order valence-corrected chi connectivity index (χ0v) is 14.3. The maximum Gasteiger partial charge on any atom is 0.195 e. The van der Waals surface area contributed by atoms with E-state index in [2.05, 4.69) is 34.7 Å². The van der Waals surface area contributed by atoms with Crippen LogP contribution in [0.25, 0.3) is 0 Å². The van der Waals surface area contributed by atoms with Crippen molar-refractivity contribution in [3.63, 3.8) is 0 Å². The van der Waals surface area contributed by atoms with E-state index in [0.717, 1.165) is 23.9 Å². The third-order valence-corrected chi connectivity index (χ3v) is 3.42. The molecule has 2 rings (SSSR count). The summed E-state index contributed by atoms with van der Waals surface area (Å²) in [7, 11) is 1.77. The lowest BCUT2D eigenvalue weighted by Crippen LogP contribution is -2.30. The molecule has 0 atom stereocenters. The fraction of sp³-hybridized carbons (Fsp3) is 0.316. The molecule has 122 valence electrons. The number of hydrogen-bond donors (Lipinski definition) is 2. The summed E-state index contributed by atoms with van der Waals surface area (Å²) in [5.74, 6) is 1.61. The van der Waals surface area contributed by atoms with Crippen molar-refractivity contribution >= 4 is 11.6 Å². The number of aryl methyl sites for hydroxylation is 1. The first kappa shape index (κ1) is 16.9. The zero-order valence-electron chi connectivity index (χ0n) is 14.3. The van der Waals surface area contributed by atoms with Crippen molar-refractivity contribution in [1.82, 2.24) is 5.32 Å². The molecule has 0 amide bonds. The van der Waals surface area contributed by atoms with Crippen molar-refractivity contribution in [3.05, 3.63) is 59.7 Å². The second-order valence-electron chi connectivity index (χ2n) is 5.67. The van der Waals surface area contributed by atoms with Gasteiger partial charge in [-0.05, 0) is 56.2 Å².